The Morgan fingerprint density at radius 2 is 2.19 bits per heavy atom. The highest BCUT2D eigenvalue weighted by molar-refractivity contribution is 7.09. The van der Waals surface area contributed by atoms with Crippen LogP contribution in [-0.4, -0.2) is 4.98 Å². The first kappa shape index (κ1) is 9.85. The van der Waals surface area contributed by atoms with E-state index in [0.717, 1.165) is 13.0 Å². The molecule has 2 aromatic rings. The standard InChI is InChI=1S/C13H14N2S/c1-8-3-9(2)13-10(4-8)5-11-12(6-14-13)16-7-15-11/h3-4,7,14H,5-6H2,1-2H3. The fraction of sp³-hybridized carbons (Fsp3) is 0.308. The molecule has 0 aliphatic carbocycles. The van der Waals surface area contributed by atoms with Crippen molar-refractivity contribution in [2.75, 3.05) is 5.32 Å². The SMILES string of the molecule is Cc1cc(C)c2c(c1)Cc1ncsc1CN2. The van der Waals surface area contributed by atoms with Crippen molar-refractivity contribution in [1.29, 1.82) is 0 Å². The Bertz CT molecular complexity index is 543. The van der Waals surface area contributed by atoms with Crippen molar-refractivity contribution in [2.24, 2.45) is 0 Å². The fourth-order valence-electron chi connectivity index (χ4n) is 2.38. The van der Waals surface area contributed by atoms with E-state index in [9.17, 15) is 0 Å². The molecule has 1 N–H and O–H groups in total. The Hall–Kier alpha value is -1.35. The molecular weight excluding hydrogens is 216 g/mol. The van der Waals surface area contributed by atoms with Gasteiger partial charge in [0.1, 0.15) is 0 Å². The molecule has 0 fully saturated rings. The third kappa shape index (κ3) is 1.52. The van der Waals surface area contributed by atoms with Crippen LogP contribution in [0.25, 0.3) is 0 Å². The van der Waals surface area contributed by atoms with Gasteiger partial charge in [0, 0.05) is 17.0 Å². The van der Waals surface area contributed by atoms with Crippen molar-refractivity contribution in [3.8, 4) is 0 Å². The third-order valence-corrected chi connectivity index (χ3v) is 3.95. The molecule has 0 spiro atoms. The Kier molecular flexibility index (Phi) is 2.21. The molecule has 2 heterocycles. The van der Waals surface area contributed by atoms with Crippen molar-refractivity contribution >= 4 is 17.0 Å². The number of nitrogens with zero attached hydrogens (tertiary/aromatic N) is 1. The molecule has 1 aromatic heterocycles. The van der Waals surface area contributed by atoms with Gasteiger partial charge in [-0.1, -0.05) is 17.7 Å². The summed E-state index contributed by atoms with van der Waals surface area (Å²) in [5.74, 6) is 0. The minimum Gasteiger partial charge on any atom is -0.380 e. The van der Waals surface area contributed by atoms with Gasteiger partial charge in [-0.2, -0.15) is 0 Å². The van der Waals surface area contributed by atoms with Gasteiger partial charge in [0.05, 0.1) is 17.7 Å². The lowest BCUT2D eigenvalue weighted by Crippen LogP contribution is -2.00. The van der Waals surface area contributed by atoms with Crippen LogP contribution in [0.15, 0.2) is 17.6 Å². The van der Waals surface area contributed by atoms with Gasteiger partial charge in [-0.05, 0) is 25.0 Å². The molecule has 0 radical (unpaired) electrons. The summed E-state index contributed by atoms with van der Waals surface area (Å²) in [6, 6.07) is 4.50. The predicted molar refractivity (Wildman–Crippen MR) is 68.2 cm³/mol. The van der Waals surface area contributed by atoms with Crippen LogP contribution >= 0.6 is 11.3 Å². The first-order chi connectivity index (χ1) is 7.74. The lowest BCUT2D eigenvalue weighted by Gasteiger charge is -2.12. The molecule has 1 aromatic carbocycles. The summed E-state index contributed by atoms with van der Waals surface area (Å²) in [6.07, 6.45) is 0.962. The number of aryl methyl sites for hydroxylation is 2. The summed E-state index contributed by atoms with van der Waals surface area (Å²) in [5, 5.41) is 3.53. The summed E-state index contributed by atoms with van der Waals surface area (Å²) in [6.45, 7) is 5.24. The number of anilines is 1. The zero-order valence-electron chi connectivity index (χ0n) is 9.50. The monoisotopic (exact) mass is 230 g/mol. The van der Waals surface area contributed by atoms with E-state index in [-0.39, 0.29) is 0 Å². The number of thiazole rings is 1. The van der Waals surface area contributed by atoms with Crippen molar-refractivity contribution in [1.82, 2.24) is 4.98 Å². The zero-order chi connectivity index (χ0) is 11.1. The van der Waals surface area contributed by atoms with Gasteiger partial charge in [-0.25, -0.2) is 4.98 Å². The van der Waals surface area contributed by atoms with Crippen molar-refractivity contribution in [3.05, 3.63) is 44.9 Å². The molecule has 16 heavy (non-hydrogen) atoms. The molecule has 3 heteroatoms. The predicted octanol–water partition coefficient (Wildman–Crippen LogP) is 3.28. The second kappa shape index (κ2) is 3.59. The molecule has 0 saturated heterocycles. The molecular formula is C13H14N2S. The summed E-state index contributed by atoms with van der Waals surface area (Å²) in [7, 11) is 0. The smallest absolute Gasteiger partial charge is 0.0798 e. The second-order valence-corrected chi connectivity index (χ2v) is 5.31. The molecule has 0 amide bonds. The number of benzene rings is 1. The van der Waals surface area contributed by atoms with E-state index in [1.54, 1.807) is 11.3 Å². The number of hydrogen-bond donors (Lipinski definition) is 1. The van der Waals surface area contributed by atoms with Gasteiger partial charge in [-0.3, -0.25) is 0 Å². The van der Waals surface area contributed by atoms with Crippen LogP contribution in [0.1, 0.15) is 27.3 Å². The Balaban J connectivity index is 2.14. The van der Waals surface area contributed by atoms with E-state index in [1.165, 1.54) is 32.9 Å². The second-order valence-electron chi connectivity index (χ2n) is 4.37. The number of fused-ring (bicyclic) bond motifs is 2. The molecule has 82 valence electrons. The summed E-state index contributed by atoms with van der Waals surface area (Å²) in [5.41, 5.74) is 8.53. The summed E-state index contributed by atoms with van der Waals surface area (Å²) in [4.78, 5) is 5.82. The van der Waals surface area contributed by atoms with E-state index in [4.69, 9.17) is 0 Å². The van der Waals surface area contributed by atoms with Crippen LogP contribution in [0.3, 0.4) is 0 Å². The Morgan fingerprint density at radius 3 is 3.06 bits per heavy atom. The number of aromatic nitrogens is 1. The Labute approximate surface area is 99.4 Å². The number of rotatable bonds is 0. The summed E-state index contributed by atoms with van der Waals surface area (Å²) >= 11 is 1.75. The molecule has 0 bridgehead atoms. The van der Waals surface area contributed by atoms with Crippen LogP contribution in [0.2, 0.25) is 0 Å². The first-order valence-electron chi connectivity index (χ1n) is 5.49. The zero-order valence-corrected chi connectivity index (χ0v) is 10.3. The number of hydrogen-bond acceptors (Lipinski definition) is 3. The quantitative estimate of drug-likeness (QED) is 0.751. The van der Waals surface area contributed by atoms with E-state index < -0.39 is 0 Å². The van der Waals surface area contributed by atoms with Crippen molar-refractivity contribution in [3.63, 3.8) is 0 Å². The van der Waals surface area contributed by atoms with E-state index in [1.807, 2.05) is 5.51 Å². The van der Waals surface area contributed by atoms with E-state index in [0.29, 0.717) is 0 Å². The minimum atomic E-state index is 0.914. The molecule has 0 saturated carbocycles. The molecule has 2 nitrogen and oxygen atoms in total. The van der Waals surface area contributed by atoms with E-state index >= 15 is 0 Å². The van der Waals surface area contributed by atoms with Gasteiger partial charge in [0.15, 0.2) is 0 Å². The molecule has 0 unspecified atom stereocenters. The van der Waals surface area contributed by atoms with Crippen LogP contribution < -0.4 is 5.32 Å². The molecule has 3 rings (SSSR count). The highest BCUT2D eigenvalue weighted by Gasteiger charge is 2.16. The van der Waals surface area contributed by atoms with Crippen LogP contribution in [-0.2, 0) is 13.0 Å². The largest absolute Gasteiger partial charge is 0.380 e. The molecule has 1 aliphatic rings. The van der Waals surface area contributed by atoms with Crippen LogP contribution in [0.4, 0.5) is 5.69 Å². The highest BCUT2D eigenvalue weighted by atomic mass is 32.1. The van der Waals surface area contributed by atoms with Crippen molar-refractivity contribution < 1.29 is 0 Å². The first-order valence-corrected chi connectivity index (χ1v) is 6.37. The van der Waals surface area contributed by atoms with Crippen LogP contribution in [0.5, 0.6) is 0 Å². The fourth-order valence-corrected chi connectivity index (χ4v) is 3.10. The van der Waals surface area contributed by atoms with Gasteiger partial charge < -0.3 is 5.32 Å². The van der Waals surface area contributed by atoms with Gasteiger partial charge in [0.2, 0.25) is 0 Å². The van der Waals surface area contributed by atoms with Gasteiger partial charge >= 0.3 is 0 Å². The molecule has 0 atom stereocenters. The van der Waals surface area contributed by atoms with Crippen LogP contribution in [0, 0.1) is 13.8 Å². The highest BCUT2D eigenvalue weighted by Crippen LogP contribution is 2.30. The maximum Gasteiger partial charge on any atom is 0.0798 e. The van der Waals surface area contributed by atoms with Crippen molar-refractivity contribution in [2.45, 2.75) is 26.8 Å². The lowest BCUT2D eigenvalue weighted by atomic mass is 10.0. The third-order valence-electron chi connectivity index (χ3n) is 3.07. The minimum absolute atomic E-state index is 0.914. The maximum absolute atomic E-state index is 4.45. The molecule has 1 aliphatic heterocycles. The summed E-state index contributed by atoms with van der Waals surface area (Å²) < 4.78 is 0. The topological polar surface area (TPSA) is 24.9 Å². The van der Waals surface area contributed by atoms with E-state index in [2.05, 4.69) is 36.3 Å². The Morgan fingerprint density at radius 1 is 1.31 bits per heavy atom. The van der Waals surface area contributed by atoms with Gasteiger partial charge in [0.25, 0.3) is 0 Å². The lowest BCUT2D eigenvalue weighted by molar-refractivity contribution is 1.08. The maximum atomic E-state index is 4.45. The average Bonchev–Trinajstić information content (AvgIpc) is 2.57. The van der Waals surface area contributed by atoms with Gasteiger partial charge in [-0.15, -0.1) is 11.3 Å². The average molecular weight is 230 g/mol. The number of nitrogens with one attached hydrogen (secondary N) is 1. The normalized spacial score (nSPS) is 13.6.